The molecule has 3 aromatic rings. The third-order valence-electron chi connectivity index (χ3n) is 4.34. The average Bonchev–Trinajstić information content (AvgIpc) is 2.67. The van der Waals surface area contributed by atoms with Gasteiger partial charge >= 0.3 is 0 Å². The number of aromatic nitrogens is 1. The molecule has 0 saturated carbocycles. The highest BCUT2D eigenvalue weighted by Gasteiger charge is 2.16. The van der Waals surface area contributed by atoms with Crippen LogP contribution in [0, 0.1) is 0 Å². The predicted octanol–water partition coefficient (Wildman–Crippen LogP) is 4.62. The van der Waals surface area contributed by atoms with Gasteiger partial charge in [0, 0.05) is 28.0 Å². The lowest BCUT2D eigenvalue weighted by atomic mass is 10.0. The van der Waals surface area contributed by atoms with E-state index >= 15 is 0 Å². The van der Waals surface area contributed by atoms with Crippen LogP contribution in [0.5, 0.6) is 11.5 Å². The second-order valence-corrected chi connectivity index (χ2v) is 6.78. The number of halogens is 1. The Morgan fingerprint density at radius 3 is 2.73 bits per heavy atom. The number of para-hydroxylation sites is 1. The van der Waals surface area contributed by atoms with Crippen LogP contribution in [0.2, 0.25) is 0 Å². The predicted molar refractivity (Wildman–Crippen MR) is 108 cm³/mol. The number of fused-ring (bicyclic) bond motifs is 1. The highest BCUT2D eigenvalue weighted by molar-refractivity contribution is 9.10. The highest BCUT2D eigenvalue weighted by Crippen LogP contribution is 2.28. The van der Waals surface area contributed by atoms with Gasteiger partial charge in [0.2, 0.25) is 0 Å². The normalized spacial score (nSPS) is 10.7. The van der Waals surface area contributed by atoms with Crippen molar-refractivity contribution in [2.24, 2.45) is 7.05 Å². The second-order valence-electron chi connectivity index (χ2n) is 5.93. The van der Waals surface area contributed by atoms with Crippen molar-refractivity contribution < 1.29 is 9.47 Å². The minimum Gasteiger partial charge on any atom is -0.497 e. The molecule has 0 unspecified atom stereocenters. The van der Waals surface area contributed by atoms with Gasteiger partial charge in [-0.1, -0.05) is 40.2 Å². The van der Waals surface area contributed by atoms with Gasteiger partial charge in [-0.05, 0) is 30.7 Å². The summed E-state index contributed by atoms with van der Waals surface area (Å²) in [7, 11) is 3.38. The Balaban J connectivity index is 2.07. The summed E-state index contributed by atoms with van der Waals surface area (Å²) in [5, 5.41) is 0.995. The lowest BCUT2D eigenvalue weighted by Crippen LogP contribution is -2.21. The molecule has 1 aromatic heterocycles. The molecule has 0 saturated heterocycles. The number of aryl methyl sites for hydroxylation is 1. The molecule has 134 valence electrons. The molecule has 4 nitrogen and oxygen atoms in total. The molecule has 3 rings (SSSR count). The molecule has 0 aliphatic carbocycles. The van der Waals surface area contributed by atoms with E-state index in [0.29, 0.717) is 12.2 Å². The third kappa shape index (κ3) is 3.40. The van der Waals surface area contributed by atoms with Crippen LogP contribution in [0.3, 0.4) is 0 Å². The van der Waals surface area contributed by atoms with Gasteiger partial charge in [0.05, 0.1) is 12.6 Å². The van der Waals surface area contributed by atoms with Crippen LogP contribution < -0.4 is 15.0 Å². The SMILES string of the molecule is C=CCc1c(OCc2cc(OC)ccc2Br)c(=O)n(C)c2ccccc12. The summed E-state index contributed by atoms with van der Waals surface area (Å²) in [6, 6.07) is 13.5. The minimum absolute atomic E-state index is 0.153. The van der Waals surface area contributed by atoms with Crippen molar-refractivity contribution >= 4 is 26.8 Å². The van der Waals surface area contributed by atoms with Crippen LogP contribution in [-0.4, -0.2) is 11.7 Å². The van der Waals surface area contributed by atoms with E-state index in [-0.39, 0.29) is 12.2 Å². The highest BCUT2D eigenvalue weighted by atomic mass is 79.9. The number of methoxy groups -OCH3 is 1. The van der Waals surface area contributed by atoms with Gasteiger partial charge < -0.3 is 14.0 Å². The Morgan fingerprint density at radius 1 is 1.23 bits per heavy atom. The van der Waals surface area contributed by atoms with Crippen LogP contribution in [0.25, 0.3) is 10.9 Å². The zero-order valence-electron chi connectivity index (χ0n) is 14.8. The molecular weight excluding hydrogens is 394 g/mol. The van der Waals surface area contributed by atoms with Crippen molar-refractivity contribution in [2.75, 3.05) is 7.11 Å². The first-order chi connectivity index (χ1) is 12.6. The lowest BCUT2D eigenvalue weighted by molar-refractivity contribution is 0.296. The Hall–Kier alpha value is -2.53. The molecule has 0 aliphatic rings. The Bertz CT molecular complexity index is 1020. The zero-order chi connectivity index (χ0) is 18.7. The van der Waals surface area contributed by atoms with Gasteiger partial charge in [-0.3, -0.25) is 4.79 Å². The van der Waals surface area contributed by atoms with E-state index in [1.807, 2.05) is 42.5 Å². The summed E-state index contributed by atoms with van der Waals surface area (Å²) in [5.74, 6) is 1.10. The molecular formula is C21H20BrNO3. The van der Waals surface area contributed by atoms with Gasteiger partial charge in [-0.2, -0.15) is 0 Å². The number of pyridine rings is 1. The number of benzene rings is 2. The average molecular weight is 414 g/mol. The van der Waals surface area contributed by atoms with E-state index in [9.17, 15) is 4.79 Å². The van der Waals surface area contributed by atoms with Crippen molar-refractivity contribution in [3.63, 3.8) is 0 Å². The summed E-state index contributed by atoms with van der Waals surface area (Å²) in [6.45, 7) is 4.08. The Kier molecular flexibility index (Phi) is 5.47. The number of rotatable bonds is 6. The van der Waals surface area contributed by atoms with E-state index in [4.69, 9.17) is 9.47 Å². The third-order valence-corrected chi connectivity index (χ3v) is 5.11. The summed E-state index contributed by atoms with van der Waals surface area (Å²) in [5.41, 5.74) is 2.49. The van der Waals surface area contributed by atoms with Crippen molar-refractivity contribution in [1.82, 2.24) is 4.57 Å². The molecule has 26 heavy (non-hydrogen) atoms. The first-order valence-corrected chi connectivity index (χ1v) is 9.02. The number of nitrogens with zero attached hydrogens (tertiary/aromatic N) is 1. The smallest absolute Gasteiger partial charge is 0.293 e. The van der Waals surface area contributed by atoms with Crippen molar-refractivity contribution in [1.29, 1.82) is 0 Å². The van der Waals surface area contributed by atoms with Gasteiger partial charge in [0.15, 0.2) is 5.75 Å². The maximum atomic E-state index is 12.9. The van der Waals surface area contributed by atoms with Crippen LogP contribution in [0.15, 0.2) is 64.4 Å². The van der Waals surface area contributed by atoms with E-state index < -0.39 is 0 Å². The summed E-state index contributed by atoms with van der Waals surface area (Å²) >= 11 is 3.52. The molecule has 0 bridgehead atoms. The van der Waals surface area contributed by atoms with Crippen LogP contribution in [0.4, 0.5) is 0 Å². The standard InChI is InChI=1S/C21H20BrNO3/c1-4-7-17-16-8-5-6-9-19(16)23(2)21(24)20(17)26-13-14-12-15(25-3)10-11-18(14)22/h4-6,8-12H,1,7,13H2,2-3H3. The van der Waals surface area contributed by atoms with E-state index in [1.165, 1.54) is 0 Å². The number of ether oxygens (including phenoxy) is 2. The zero-order valence-corrected chi connectivity index (χ0v) is 16.4. The van der Waals surface area contributed by atoms with Crippen molar-refractivity contribution in [3.8, 4) is 11.5 Å². The number of hydrogen-bond donors (Lipinski definition) is 0. The first-order valence-electron chi connectivity index (χ1n) is 8.23. The van der Waals surface area contributed by atoms with Crippen LogP contribution in [-0.2, 0) is 20.1 Å². The largest absolute Gasteiger partial charge is 0.497 e. The molecule has 0 amide bonds. The molecule has 0 N–H and O–H groups in total. The number of allylic oxidation sites excluding steroid dienone is 1. The lowest BCUT2D eigenvalue weighted by Gasteiger charge is -2.16. The molecule has 2 aromatic carbocycles. The maximum absolute atomic E-state index is 12.9. The molecule has 0 aliphatic heterocycles. The molecule has 0 fully saturated rings. The first kappa shape index (κ1) is 18.3. The monoisotopic (exact) mass is 413 g/mol. The second kappa shape index (κ2) is 7.79. The van der Waals surface area contributed by atoms with Crippen molar-refractivity contribution in [3.05, 3.63) is 81.1 Å². The Morgan fingerprint density at radius 2 is 2.00 bits per heavy atom. The van der Waals surface area contributed by atoms with Crippen LogP contribution in [0.1, 0.15) is 11.1 Å². The molecule has 0 radical (unpaired) electrons. The van der Waals surface area contributed by atoms with Crippen molar-refractivity contribution in [2.45, 2.75) is 13.0 Å². The summed E-state index contributed by atoms with van der Waals surface area (Å²) in [4.78, 5) is 12.9. The van der Waals surface area contributed by atoms with E-state index in [2.05, 4.69) is 22.5 Å². The van der Waals surface area contributed by atoms with Gasteiger partial charge in [0.1, 0.15) is 12.4 Å². The van der Waals surface area contributed by atoms with Gasteiger partial charge in [-0.25, -0.2) is 0 Å². The fourth-order valence-corrected chi connectivity index (χ4v) is 3.33. The maximum Gasteiger partial charge on any atom is 0.293 e. The summed E-state index contributed by atoms with van der Waals surface area (Å²) in [6.07, 6.45) is 2.35. The van der Waals surface area contributed by atoms with Crippen LogP contribution >= 0.6 is 15.9 Å². The van der Waals surface area contributed by atoms with Gasteiger partial charge in [0.25, 0.3) is 5.56 Å². The molecule has 1 heterocycles. The van der Waals surface area contributed by atoms with E-state index in [1.54, 1.807) is 24.8 Å². The minimum atomic E-state index is -0.153. The topological polar surface area (TPSA) is 40.5 Å². The number of hydrogen-bond acceptors (Lipinski definition) is 3. The van der Waals surface area contributed by atoms with E-state index in [0.717, 1.165) is 32.3 Å². The molecule has 0 spiro atoms. The Labute approximate surface area is 160 Å². The summed E-state index contributed by atoms with van der Waals surface area (Å²) < 4.78 is 13.8. The fourth-order valence-electron chi connectivity index (χ4n) is 2.97. The molecule has 5 heteroatoms. The quantitative estimate of drug-likeness (QED) is 0.553. The molecule has 0 atom stereocenters. The van der Waals surface area contributed by atoms with Gasteiger partial charge in [-0.15, -0.1) is 6.58 Å². The fraction of sp³-hybridized carbons (Fsp3) is 0.190.